The average molecular weight is 180 g/mol. The van der Waals surface area contributed by atoms with Gasteiger partial charge in [0, 0.05) is 11.4 Å². The van der Waals surface area contributed by atoms with Gasteiger partial charge in [-0.15, -0.1) is 17.8 Å². The predicted octanol–water partition coefficient (Wildman–Crippen LogP) is 1.48. The third-order valence-electron chi connectivity index (χ3n) is 1.51. The third-order valence-corrected chi connectivity index (χ3v) is 2.59. The molecule has 12 heavy (non-hydrogen) atoms. The molecule has 0 bridgehead atoms. The standard InChI is InChI=1S/C9H12N2S/c1-4-5-10-6-9-7(2)11-8(3)12-9/h1,10H,5-6H2,2-3H3. The summed E-state index contributed by atoms with van der Waals surface area (Å²) < 4.78 is 0. The molecule has 0 atom stereocenters. The largest absolute Gasteiger partial charge is 0.301 e. The summed E-state index contributed by atoms with van der Waals surface area (Å²) in [5.74, 6) is 2.54. The first kappa shape index (κ1) is 9.24. The number of hydrogen-bond acceptors (Lipinski definition) is 3. The Bertz CT molecular complexity index is 296. The number of nitrogens with one attached hydrogen (secondary N) is 1. The van der Waals surface area contributed by atoms with Crippen molar-refractivity contribution < 1.29 is 0 Å². The van der Waals surface area contributed by atoms with Gasteiger partial charge in [0.1, 0.15) is 0 Å². The predicted molar refractivity (Wildman–Crippen MR) is 52.1 cm³/mol. The molecule has 1 aromatic rings. The van der Waals surface area contributed by atoms with E-state index in [1.54, 1.807) is 11.3 Å². The molecule has 0 aliphatic carbocycles. The van der Waals surface area contributed by atoms with E-state index in [1.165, 1.54) is 4.88 Å². The smallest absolute Gasteiger partial charge is 0.0900 e. The summed E-state index contributed by atoms with van der Waals surface area (Å²) in [7, 11) is 0. The zero-order valence-corrected chi connectivity index (χ0v) is 8.16. The maximum atomic E-state index is 5.11. The third kappa shape index (κ3) is 2.33. The SMILES string of the molecule is C#CCNCc1sc(C)nc1C. The van der Waals surface area contributed by atoms with Gasteiger partial charge in [0.05, 0.1) is 17.2 Å². The van der Waals surface area contributed by atoms with E-state index in [1.807, 2.05) is 13.8 Å². The Labute approximate surface area is 77.0 Å². The van der Waals surface area contributed by atoms with E-state index in [0.29, 0.717) is 6.54 Å². The summed E-state index contributed by atoms with van der Waals surface area (Å²) in [4.78, 5) is 5.60. The van der Waals surface area contributed by atoms with Crippen LogP contribution >= 0.6 is 11.3 Å². The minimum atomic E-state index is 0.621. The lowest BCUT2D eigenvalue weighted by Gasteiger charge is -1.96. The van der Waals surface area contributed by atoms with Crippen LogP contribution in [0, 0.1) is 26.2 Å². The number of rotatable bonds is 3. The van der Waals surface area contributed by atoms with Gasteiger partial charge in [-0.1, -0.05) is 5.92 Å². The molecule has 1 aromatic heterocycles. The molecule has 0 saturated heterocycles. The van der Waals surface area contributed by atoms with E-state index in [9.17, 15) is 0 Å². The average Bonchev–Trinajstić information content (AvgIpc) is 2.31. The first-order chi connectivity index (χ1) is 5.74. The summed E-state index contributed by atoms with van der Waals surface area (Å²) in [6.07, 6.45) is 5.11. The Morgan fingerprint density at radius 3 is 2.83 bits per heavy atom. The van der Waals surface area contributed by atoms with E-state index in [0.717, 1.165) is 17.2 Å². The van der Waals surface area contributed by atoms with E-state index in [-0.39, 0.29) is 0 Å². The number of nitrogens with zero attached hydrogens (tertiary/aromatic N) is 1. The highest BCUT2D eigenvalue weighted by atomic mass is 32.1. The summed E-state index contributed by atoms with van der Waals surface area (Å²) in [5.41, 5.74) is 1.11. The van der Waals surface area contributed by atoms with Crippen LogP contribution in [0.1, 0.15) is 15.6 Å². The maximum Gasteiger partial charge on any atom is 0.0900 e. The molecular formula is C9H12N2S. The fraction of sp³-hybridized carbons (Fsp3) is 0.444. The Hall–Kier alpha value is -0.850. The lowest BCUT2D eigenvalue weighted by atomic mass is 10.4. The summed E-state index contributed by atoms with van der Waals surface area (Å²) in [5, 5.41) is 4.26. The van der Waals surface area contributed by atoms with Crippen LogP contribution in [0.3, 0.4) is 0 Å². The van der Waals surface area contributed by atoms with Gasteiger partial charge in [0.2, 0.25) is 0 Å². The maximum absolute atomic E-state index is 5.11. The molecule has 0 aromatic carbocycles. The second-order valence-electron chi connectivity index (χ2n) is 2.55. The Kier molecular flexibility index (Phi) is 3.27. The quantitative estimate of drug-likeness (QED) is 0.563. The zero-order valence-electron chi connectivity index (χ0n) is 7.35. The first-order valence-electron chi connectivity index (χ1n) is 3.81. The van der Waals surface area contributed by atoms with Crippen LogP contribution in [0.5, 0.6) is 0 Å². The van der Waals surface area contributed by atoms with Gasteiger partial charge >= 0.3 is 0 Å². The molecule has 0 aliphatic rings. The second kappa shape index (κ2) is 4.24. The van der Waals surface area contributed by atoms with Gasteiger partial charge in [-0.05, 0) is 13.8 Å². The lowest BCUT2D eigenvalue weighted by molar-refractivity contribution is 0.775. The molecule has 0 fully saturated rings. The van der Waals surface area contributed by atoms with Crippen molar-refractivity contribution in [2.24, 2.45) is 0 Å². The van der Waals surface area contributed by atoms with Crippen molar-refractivity contribution in [1.82, 2.24) is 10.3 Å². The highest BCUT2D eigenvalue weighted by Gasteiger charge is 2.02. The van der Waals surface area contributed by atoms with Crippen molar-refractivity contribution in [1.29, 1.82) is 0 Å². The first-order valence-corrected chi connectivity index (χ1v) is 4.62. The molecule has 0 amide bonds. The molecule has 0 saturated carbocycles. The zero-order chi connectivity index (χ0) is 8.97. The normalized spacial score (nSPS) is 9.75. The molecular weight excluding hydrogens is 168 g/mol. The molecule has 64 valence electrons. The summed E-state index contributed by atoms with van der Waals surface area (Å²) in [6, 6.07) is 0. The number of terminal acetylenes is 1. The fourth-order valence-electron chi connectivity index (χ4n) is 0.986. The van der Waals surface area contributed by atoms with Crippen LogP contribution in [0.25, 0.3) is 0 Å². The molecule has 1 heterocycles. The fourth-order valence-corrected chi connectivity index (χ4v) is 1.89. The van der Waals surface area contributed by atoms with Crippen molar-refractivity contribution in [2.75, 3.05) is 6.54 Å². The van der Waals surface area contributed by atoms with Gasteiger partial charge in [-0.25, -0.2) is 4.98 Å². The molecule has 2 nitrogen and oxygen atoms in total. The highest BCUT2D eigenvalue weighted by Crippen LogP contribution is 2.16. The molecule has 1 rings (SSSR count). The molecule has 1 N–H and O–H groups in total. The molecule has 0 unspecified atom stereocenters. The Morgan fingerprint density at radius 2 is 2.33 bits per heavy atom. The Balaban J connectivity index is 2.52. The van der Waals surface area contributed by atoms with E-state index < -0.39 is 0 Å². The van der Waals surface area contributed by atoms with Crippen molar-refractivity contribution in [2.45, 2.75) is 20.4 Å². The minimum absolute atomic E-state index is 0.621. The summed E-state index contributed by atoms with van der Waals surface area (Å²) >= 11 is 1.72. The monoisotopic (exact) mass is 180 g/mol. The van der Waals surface area contributed by atoms with Crippen LogP contribution in [0.2, 0.25) is 0 Å². The van der Waals surface area contributed by atoms with Crippen LogP contribution < -0.4 is 5.32 Å². The van der Waals surface area contributed by atoms with Gasteiger partial charge in [0.25, 0.3) is 0 Å². The summed E-state index contributed by atoms with van der Waals surface area (Å²) in [6.45, 7) is 5.50. The molecule has 0 aliphatic heterocycles. The topological polar surface area (TPSA) is 24.9 Å². The van der Waals surface area contributed by atoms with Crippen molar-refractivity contribution >= 4 is 11.3 Å². The minimum Gasteiger partial charge on any atom is -0.301 e. The Morgan fingerprint density at radius 1 is 1.58 bits per heavy atom. The van der Waals surface area contributed by atoms with E-state index in [4.69, 9.17) is 6.42 Å². The van der Waals surface area contributed by atoms with Crippen LogP contribution in [0.15, 0.2) is 0 Å². The van der Waals surface area contributed by atoms with Crippen LogP contribution in [0.4, 0.5) is 0 Å². The van der Waals surface area contributed by atoms with Crippen LogP contribution in [-0.4, -0.2) is 11.5 Å². The number of thiazole rings is 1. The van der Waals surface area contributed by atoms with Gasteiger partial charge in [-0.3, -0.25) is 0 Å². The van der Waals surface area contributed by atoms with Crippen molar-refractivity contribution in [3.05, 3.63) is 15.6 Å². The second-order valence-corrected chi connectivity index (χ2v) is 3.84. The van der Waals surface area contributed by atoms with Crippen LogP contribution in [-0.2, 0) is 6.54 Å². The van der Waals surface area contributed by atoms with Crippen molar-refractivity contribution in [3.8, 4) is 12.3 Å². The highest BCUT2D eigenvalue weighted by molar-refractivity contribution is 7.11. The number of aryl methyl sites for hydroxylation is 2. The molecule has 3 heteroatoms. The van der Waals surface area contributed by atoms with Gasteiger partial charge in [0.15, 0.2) is 0 Å². The molecule has 0 radical (unpaired) electrons. The van der Waals surface area contributed by atoms with E-state index in [2.05, 4.69) is 16.2 Å². The number of aromatic nitrogens is 1. The lowest BCUT2D eigenvalue weighted by Crippen LogP contribution is -2.12. The van der Waals surface area contributed by atoms with Gasteiger partial charge in [-0.2, -0.15) is 0 Å². The van der Waals surface area contributed by atoms with E-state index >= 15 is 0 Å². The van der Waals surface area contributed by atoms with Crippen molar-refractivity contribution in [3.63, 3.8) is 0 Å². The number of hydrogen-bond donors (Lipinski definition) is 1. The van der Waals surface area contributed by atoms with Gasteiger partial charge < -0.3 is 5.32 Å². The molecule has 0 spiro atoms.